The molecule has 0 aliphatic heterocycles. The topological polar surface area (TPSA) is 25.2 Å². The molecule has 2 aromatic rings. The highest BCUT2D eigenvalue weighted by molar-refractivity contribution is 5.34. The van der Waals surface area contributed by atoms with Crippen LogP contribution in [0.1, 0.15) is 28.5 Å². The predicted octanol–water partition coefficient (Wildman–Crippen LogP) is 2.72. The summed E-state index contributed by atoms with van der Waals surface area (Å²) in [5.74, 6) is 0. The molecule has 1 aromatic carbocycles. The van der Waals surface area contributed by atoms with Gasteiger partial charge in [-0.2, -0.15) is 0 Å². The summed E-state index contributed by atoms with van der Waals surface area (Å²) in [6.07, 6.45) is 1.40. The van der Waals surface area contributed by atoms with Crippen LogP contribution < -0.4 is 0 Å². The van der Waals surface area contributed by atoms with Crippen molar-refractivity contribution in [1.29, 1.82) is 0 Å². The van der Waals surface area contributed by atoms with Gasteiger partial charge in [-0.1, -0.05) is 18.2 Å². The molecular formula is C14H17NO. The van der Waals surface area contributed by atoms with Crippen molar-refractivity contribution < 1.29 is 5.11 Å². The van der Waals surface area contributed by atoms with Crippen LogP contribution in [-0.4, -0.2) is 9.67 Å². The van der Waals surface area contributed by atoms with Crippen molar-refractivity contribution in [1.82, 2.24) is 4.57 Å². The van der Waals surface area contributed by atoms with Crippen LogP contribution in [0.25, 0.3) is 0 Å². The van der Waals surface area contributed by atoms with E-state index in [4.69, 9.17) is 0 Å². The molecule has 0 saturated heterocycles. The lowest BCUT2D eigenvalue weighted by molar-refractivity contribution is 0.211. The van der Waals surface area contributed by atoms with Crippen molar-refractivity contribution in [3.8, 4) is 0 Å². The predicted molar refractivity (Wildman–Crippen MR) is 65.4 cm³/mol. The lowest BCUT2D eigenvalue weighted by Crippen LogP contribution is -2.05. The van der Waals surface area contributed by atoms with Crippen LogP contribution in [0.3, 0.4) is 0 Å². The molecule has 0 bridgehead atoms. The van der Waals surface area contributed by atoms with E-state index >= 15 is 0 Å². The number of aryl methyl sites for hydroxylation is 3. The summed E-state index contributed by atoms with van der Waals surface area (Å²) in [5, 5.41) is 10.3. The third-order valence-electron chi connectivity index (χ3n) is 3.11. The van der Waals surface area contributed by atoms with Crippen LogP contribution >= 0.6 is 0 Å². The average Bonchev–Trinajstić information content (AvgIpc) is 2.67. The number of aliphatic hydroxyl groups is 1. The van der Waals surface area contributed by atoms with Crippen molar-refractivity contribution >= 4 is 0 Å². The van der Waals surface area contributed by atoms with Gasteiger partial charge in [0.2, 0.25) is 0 Å². The van der Waals surface area contributed by atoms with Crippen LogP contribution in [0.2, 0.25) is 0 Å². The van der Waals surface area contributed by atoms with Crippen molar-refractivity contribution in [2.45, 2.75) is 20.0 Å². The van der Waals surface area contributed by atoms with E-state index in [-0.39, 0.29) is 0 Å². The van der Waals surface area contributed by atoms with Gasteiger partial charge in [-0.3, -0.25) is 0 Å². The first-order valence-electron chi connectivity index (χ1n) is 5.46. The number of hydrogen-bond donors (Lipinski definition) is 1. The summed E-state index contributed by atoms with van der Waals surface area (Å²) < 4.78 is 1.94. The van der Waals surface area contributed by atoms with Gasteiger partial charge in [0.25, 0.3) is 0 Å². The lowest BCUT2D eigenvalue weighted by Gasteiger charge is -2.13. The Bertz CT molecular complexity index is 499. The SMILES string of the molecule is Cc1ccc([C@@H](O)c2cccn2C)cc1C. The van der Waals surface area contributed by atoms with Gasteiger partial charge in [0, 0.05) is 13.2 Å². The normalized spacial score (nSPS) is 12.8. The minimum atomic E-state index is -0.542. The standard InChI is InChI=1S/C14H17NO/c1-10-6-7-12(9-11(10)2)14(16)13-5-4-8-15(13)3/h4-9,14,16H,1-3H3/t14-/m1/s1. The van der Waals surface area contributed by atoms with Gasteiger partial charge in [-0.05, 0) is 42.7 Å². The highest BCUT2D eigenvalue weighted by atomic mass is 16.3. The molecule has 0 aliphatic rings. The van der Waals surface area contributed by atoms with Crippen molar-refractivity contribution in [2.24, 2.45) is 7.05 Å². The second-order valence-corrected chi connectivity index (χ2v) is 4.29. The summed E-state index contributed by atoms with van der Waals surface area (Å²) in [4.78, 5) is 0. The molecule has 1 heterocycles. The van der Waals surface area contributed by atoms with E-state index in [9.17, 15) is 5.11 Å². The molecule has 0 spiro atoms. The van der Waals surface area contributed by atoms with Crippen molar-refractivity contribution in [3.05, 3.63) is 58.9 Å². The molecule has 0 unspecified atom stereocenters. The van der Waals surface area contributed by atoms with Gasteiger partial charge >= 0.3 is 0 Å². The third-order valence-corrected chi connectivity index (χ3v) is 3.11. The highest BCUT2D eigenvalue weighted by Gasteiger charge is 2.13. The molecule has 2 nitrogen and oxygen atoms in total. The third kappa shape index (κ3) is 1.89. The smallest absolute Gasteiger partial charge is 0.119 e. The molecule has 84 valence electrons. The Balaban J connectivity index is 2.38. The fraction of sp³-hybridized carbons (Fsp3) is 0.286. The lowest BCUT2D eigenvalue weighted by atomic mass is 10.0. The van der Waals surface area contributed by atoms with Gasteiger partial charge < -0.3 is 9.67 Å². The summed E-state index contributed by atoms with van der Waals surface area (Å²) in [6.45, 7) is 4.14. The van der Waals surface area contributed by atoms with E-state index in [0.717, 1.165) is 11.3 Å². The molecule has 1 aromatic heterocycles. The quantitative estimate of drug-likeness (QED) is 0.818. The molecule has 1 N–H and O–H groups in total. The number of benzene rings is 1. The fourth-order valence-corrected chi connectivity index (χ4v) is 1.86. The summed E-state index contributed by atoms with van der Waals surface area (Å²) >= 11 is 0. The number of hydrogen-bond acceptors (Lipinski definition) is 1. The Morgan fingerprint density at radius 2 is 1.88 bits per heavy atom. The minimum Gasteiger partial charge on any atom is -0.382 e. The van der Waals surface area contributed by atoms with E-state index in [0.29, 0.717) is 0 Å². The molecule has 16 heavy (non-hydrogen) atoms. The second kappa shape index (κ2) is 4.14. The van der Waals surface area contributed by atoms with E-state index in [2.05, 4.69) is 19.9 Å². The molecule has 0 amide bonds. The first-order valence-corrected chi connectivity index (χ1v) is 5.46. The first kappa shape index (κ1) is 11.0. The molecular weight excluding hydrogens is 198 g/mol. The zero-order valence-corrected chi connectivity index (χ0v) is 9.94. The first-order chi connectivity index (χ1) is 7.59. The Labute approximate surface area is 96.2 Å². The molecule has 0 radical (unpaired) electrons. The summed E-state index contributed by atoms with van der Waals surface area (Å²) in [5.41, 5.74) is 4.33. The summed E-state index contributed by atoms with van der Waals surface area (Å²) in [6, 6.07) is 9.98. The van der Waals surface area contributed by atoms with Gasteiger partial charge in [0.1, 0.15) is 6.10 Å². The zero-order valence-electron chi connectivity index (χ0n) is 9.94. The van der Waals surface area contributed by atoms with Crippen LogP contribution in [0.5, 0.6) is 0 Å². The van der Waals surface area contributed by atoms with Gasteiger partial charge in [-0.25, -0.2) is 0 Å². The summed E-state index contributed by atoms with van der Waals surface area (Å²) in [7, 11) is 1.94. The number of aromatic nitrogens is 1. The maximum absolute atomic E-state index is 10.3. The van der Waals surface area contributed by atoms with E-state index in [1.807, 2.05) is 42.1 Å². The van der Waals surface area contributed by atoms with Gasteiger partial charge in [0.05, 0.1) is 5.69 Å². The van der Waals surface area contributed by atoms with Crippen LogP contribution in [-0.2, 0) is 7.05 Å². The average molecular weight is 215 g/mol. The highest BCUT2D eigenvalue weighted by Crippen LogP contribution is 2.23. The Hall–Kier alpha value is -1.54. The van der Waals surface area contributed by atoms with E-state index in [1.165, 1.54) is 11.1 Å². The Morgan fingerprint density at radius 1 is 1.12 bits per heavy atom. The number of rotatable bonds is 2. The van der Waals surface area contributed by atoms with Crippen LogP contribution in [0.15, 0.2) is 36.5 Å². The van der Waals surface area contributed by atoms with Gasteiger partial charge in [-0.15, -0.1) is 0 Å². The minimum absolute atomic E-state index is 0.542. The Kier molecular flexibility index (Phi) is 2.84. The molecule has 0 fully saturated rings. The zero-order chi connectivity index (χ0) is 11.7. The van der Waals surface area contributed by atoms with Crippen molar-refractivity contribution in [3.63, 3.8) is 0 Å². The number of aliphatic hydroxyl groups excluding tert-OH is 1. The van der Waals surface area contributed by atoms with Gasteiger partial charge in [0.15, 0.2) is 0 Å². The monoisotopic (exact) mass is 215 g/mol. The fourth-order valence-electron chi connectivity index (χ4n) is 1.86. The molecule has 0 saturated carbocycles. The number of nitrogens with zero attached hydrogens (tertiary/aromatic N) is 1. The van der Waals surface area contributed by atoms with Crippen LogP contribution in [0.4, 0.5) is 0 Å². The molecule has 2 rings (SSSR count). The maximum Gasteiger partial charge on any atom is 0.119 e. The van der Waals surface area contributed by atoms with E-state index < -0.39 is 6.10 Å². The van der Waals surface area contributed by atoms with Crippen LogP contribution in [0, 0.1) is 13.8 Å². The van der Waals surface area contributed by atoms with E-state index in [1.54, 1.807) is 0 Å². The Morgan fingerprint density at radius 3 is 2.44 bits per heavy atom. The largest absolute Gasteiger partial charge is 0.382 e. The molecule has 2 heteroatoms. The molecule has 1 atom stereocenters. The maximum atomic E-state index is 10.3. The van der Waals surface area contributed by atoms with Crippen molar-refractivity contribution in [2.75, 3.05) is 0 Å². The molecule has 0 aliphatic carbocycles. The second-order valence-electron chi connectivity index (χ2n) is 4.29.